The molecule has 0 amide bonds. The van der Waals surface area contributed by atoms with E-state index in [1.807, 2.05) is 0 Å². The van der Waals surface area contributed by atoms with E-state index >= 15 is 0 Å². The number of hydrogen-bond donors (Lipinski definition) is 0. The standard InChI is InChI=1S/C14H20F2N2O2/c1-8(2)9-3-5-10(6-4-9)14-17-12(20-18-14)7-11(19)13(15)16/h8-10,13H,3-7H2,1-2H3. The third-order valence-corrected chi connectivity index (χ3v) is 4.13. The molecule has 6 heteroatoms. The van der Waals surface area contributed by atoms with Crippen LogP contribution in [0.4, 0.5) is 8.78 Å². The number of rotatable bonds is 5. The lowest BCUT2D eigenvalue weighted by atomic mass is 9.77. The van der Waals surface area contributed by atoms with Gasteiger partial charge in [-0.15, -0.1) is 0 Å². The summed E-state index contributed by atoms with van der Waals surface area (Å²) in [6.45, 7) is 4.46. The summed E-state index contributed by atoms with van der Waals surface area (Å²) in [5.41, 5.74) is 0. The molecular weight excluding hydrogens is 266 g/mol. The highest BCUT2D eigenvalue weighted by atomic mass is 19.3. The van der Waals surface area contributed by atoms with Crippen molar-refractivity contribution in [1.82, 2.24) is 10.1 Å². The Morgan fingerprint density at radius 1 is 1.30 bits per heavy atom. The molecule has 1 heterocycles. The lowest BCUT2D eigenvalue weighted by Crippen LogP contribution is -2.18. The van der Waals surface area contributed by atoms with Crippen molar-refractivity contribution in [2.45, 2.75) is 58.3 Å². The van der Waals surface area contributed by atoms with E-state index in [1.54, 1.807) is 0 Å². The van der Waals surface area contributed by atoms with Gasteiger partial charge in [-0.2, -0.15) is 4.98 Å². The molecule has 0 bridgehead atoms. The van der Waals surface area contributed by atoms with Crippen molar-refractivity contribution < 1.29 is 18.1 Å². The maximum absolute atomic E-state index is 12.2. The van der Waals surface area contributed by atoms with E-state index in [0.717, 1.165) is 31.6 Å². The van der Waals surface area contributed by atoms with Crippen LogP contribution >= 0.6 is 0 Å². The van der Waals surface area contributed by atoms with Gasteiger partial charge in [-0.3, -0.25) is 4.79 Å². The van der Waals surface area contributed by atoms with Crippen molar-refractivity contribution in [3.05, 3.63) is 11.7 Å². The lowest BCUT2D eigenvalue weighted by Gasteiger charge is -2.29. The van der Waals surface area contributed by atoms with Gasteiger partial charge in [-0.1, -0.05) is 19.0 Å². The first kappa shape index (κ1) is 15.1. The molecule has 0 saturated heterocycles. The zero-order valence-electron chi connectivity index (χ0n) is 11.8. The normalized spacial score (nSPS) is 23.5. The van der Waals surface area contributed by atoms with Crippen LogP contribution in [0, 0.1) is 11.8 Å². The molecule has 4 nitrogen and oxygen atoms in total. The summed E-state index contributed by atoms with van der Waals surface area (Å²) >= 11 is 0. The lowest BCUT2D eigenvalue weighted by molar-refractivity contribution is -0.129. The highest BCUT2D eigenvalue weighted by molar-refractivity contribution is 5.82. The van der Waals surface area contributed by atoms with Crippen LogP contribution in [0.3, 0.4) is 0 Å². The molecule has 1 saturated carbocycles. The van der Waals surface area contributed by atoms with E-state index in [-0.39, 0.29) is 11.8 Å². The van der Waals surface area contributed by atoms with Crippen LogP contribution in [0.15, 0.2) is 4.52 Å². The Balaban J connectivity index is 1.91. The Bertz CT molecular complexity index is 452. The fraction of sp³-hybridized carbons (Fsp3) is 0.786. The van der Waals surface area contributed by atoms with Gasteiger partial charge in [0.1, 0.15) is 0 Å². The molecular formula is C14H20F2N2O2. The number of halogens is 2. The Labute approximate surface area is 116 Å². The number of alkyl halides is 2. The van der Waals surface area contributed by atoms with Gasteiger partial charge in [0.15, 0.2) is 5.82 Å². The fourth-order valence-corrected chi connectivity index (χ4v) is 2.78. The number of Topliss-reactive ketones (excluding diaryl/α,β-unsaturated/α-hetero) is 1. The maximum Gasteiger partial charge on any atom is 0.296 e. The average molecular weight is 286 g/mol. The molecule has 1 aromatic rings. The first-order valence-corrected chi connectivity index (χ1v) is 7.10. The van der Waals surface area contributed by atoms with E-state index in [2.05, 4.69) is 24.0 Å². The van der Waals surface area contributed by atoms with Gasteiger partial charge in [-0.05, 0) is 37.5 Å². The minimum Gasteiger partial charge on any atom is -0.339 e. The number of ketones is 1. The molecule has 0 aliphatic heterocycles. The van der Waals surface area contributed by atoms with Crippen LogP contribution in [0.1, 0.15) is 57.2 Å². The van der Waals surface area contributed by atoms with E-state index in [0.29, 0.717) is 11.7 Å². The van der Waals surface area contributed by atoms with E-state index in [1.165, 1.54) is 0 Å². The molecule has 0 atom stereocenters. The highest BCUT2D eigenvalue weighted by Crippen LogP contribution is 2.37. The zero-order valence-corrected chi connectivity index (χ0v) is 11.8. The Kier molecular flexibility index (Phi) is 4.83. The summed E-state index contributed by atoms with van der Waals surface area (Å²) in [7, 11) is 0. The molecule has 112 valence electrons. The van der Waals surface area contributed by atoms with Crippen molar-refractivity contribution in [3.8, 4) is 0 Å². The molecule has 0 spiro atoms. The largest absolute Gasteiger partial charge is 0.339 e. The third kappa shape index (κ3) is 3.61. The topological polar surface area (TPSA) is 56.0 Å². The summed E-state index contributed by atoms with van der Waals surface area (Å²) < 4.78 is 29.2. The summed E-state index contributed by atoms with van der Waals surface area (Å²) in [6, 6.07) is 0. The van der Waals surface area contributed by atoms with Crippen molar-refractivity contribution >= 4 is 5.78 Å². The van der Waals surface area contributed by atoms with Crippen LogP contribution in [-0.2, 0) is 11.2 Å². The molecule has 1 aliphatic carbocycles. The Morgan fingerprint density at radius 3 is 2.50 bits per heavy atom. The first-order chi connectivity index (χ1) is 9.47. The minimum absolute atomic E-state index is 0.00344. The number of hydrogen-bond acceptors (Lipinski definition) is 4. The van der Waals surface area contributed by atoms with Crippen LogP contribution in [0.25, 0.3) is 0 Å². The summed E-state index contributed by atoms with van der Waals surface area (Å²) in [4.78, 5) is 15.0. The zero-order chi connectivity index (χ0) is 14.7. The van der Waals surface area contributed by atoms with Gasteiger partial charge in [0.2, 0.25) is 11.7 Å². The van der Waals surface area contributed by atoms with Crippen LogP contribution in [0.2, 0.25) is 0 Å². The van der Waals surface area contributed by atoms with E-state index in [9.17, 15) is 13.6 Å². The van der Waals surface area contributed by atoms with Crippen molar-refractivity contribution in [2.24, 2.45) is 11.8 Å². The molecule has 20 heavy (non-hydrogen) atoms. The molecule has 0 N–H and O–H groups in total. The number of aromatic nitrogens is 2. The molecule has 0 aromatic carbocycles. The van der Waals surface area contributed by atoms with Gasteiger partial charge in [-0.25, -0.2) is 8.78 Å². The number of nitrogens with zero attached hydrogens (tertiary/aromatic N) is 2. The van der Waals surface area contributed by atoms with E-state index < -0.39 is 18.6 Å². The van der Waals surface area contributed by atoms with Crippen molar-refractivity contribution in [3.63, 3.8) is 0 Å². The van der Waals surface area contributed by atoms with Crippen molar-refractivity contribution in [1.29, 1.82) is 0 Å². The smallest absolute Gasteiger partial charge is 0.296 e. The van der Waals surface area contributed by atoms with Gasteiger partial charge in [0.05, 0.1) is 6.42 Å². The van der Waals surface area contributed by atoms with Gasteiger partial charge < -0.3 is 4.52 Å². The number of carbonyl (C=O) groups is 1. The monoisotopic (exact) mass is 286 g/mol. The minimum atomic E-state index is -2.98. The summed E-state index contributed by atoms with van der Waals surface area (Å²) in [5, 5.41) is 3.84. The first-order valence-electron chi connectivity index (χ1n) is 7.10. The molecule has 1 aromatic heterocycles. The van der Waals surface area contributed by atoms with Crippen LogP contribution in [-0.4, -0.2) is 22.3 Å². The molecule has 0 unspecified atom stereocenters. The van der Waals surface area contributed by atoms with E-state index in [4.69, 9.17) is 4.52 Å². The SMILES string of the molecule is CC(C)C1CCC(c2noc(CC(=O)C(F)F)n2)CC1. The molecule has 1 aliphatic rings. The molecule has 0 radical (unpaired) electrons. The highest BCUT2D eigenvalue weighted by Gasteiger charge is 2.28. The Hall–Kier alpha value is -1.33. The second-order valence-corrected chi connectivity index (χ2v) is 5.85. The van der Waals surface area contributed by atoms with Gasteiger partial charge >= 0.3 is 0 Å². The van der Waals surface area contributed by atoms with Crippen LogP contribution < -0.4 is 0 Å². The molecule has 1 fully saturated rings. The predicted molar refractivity (Wildman–Crippen MR) is 68.6 cm³/mol. The van der Waals surface area contributed by atoms with Gasteiger partial charge in [0.25, 0.3) is 6.43 Å². The molecule has 2 rings (SSSR count). The predicted octanol–water partition coefficient (Wildman–Crippen LogP) is 3.38. The third-order valence-electron chi connectivity index (χ3n) is 4.13. The average Bonchev–Trinajstić information content (AvgIpc) is 2.87. The van der Waals surface area contributed by atoms with Gasteiger partial charge in [0, 0.05) is 5.92 Å². The maximum atomic E-state index is 12.2. The van der Waals surface area contributed by atoms with Crippen molar-refractivity contribution in [2.75, 3.05) is 0 Å². The fourth-order valence-electron chi connectivity index (χ4n) is 2.78. The number of carbonyl (C=O) groups excluding carboxylic acids is 1. The summed E-state index contributed by atoms with van der Waals surface area (Å²) in [5.74, 6) is 1.02. The Morgan fingerprint density at radius 2 is 1.95 bits per heavy atom. The van der Waals surface area contributed by atoms with Crippen LogP contribution in [0.5, 0.6) is 0 Å². The second kappa shape index (κ2) is 6.41. The second-order valence-electron chi connectivity index (χ2n) is 5.85. The quantitative estimate of drug-likeness (QED) is 0.832. The summed E-state index contributed by atoms with van der Waals surface area (Å²) in [6.07, 6.45) is 0.776.